The number of amides is 1. The number of benzene rings is 1. The third-order valence-corrected chi connectivity index (χ3v) is 5.28. The molecule has 1 aromatic carbocycles. The number of carbonyl (C=O) groups excluding carboxylic acids is 1. The summed E-state index contributed by atoms with van der Waals surface area (Å²) in [6.45, 7) is 7.31. The Labute approximate surface area is 165 Å². The van der Waals surface area contributed by atoms with Crippen molar-refractivity contribution in [2.75, 3.05) is 52.6 Å². The highest BCUT2D eigenvalue weighted by atomic mass is 32.2. The fraction of sp³-hybridized carbons (Fsp3) is 0.579. The van der Waals surface area contributed by atoms with Crippen molar-refractivity contribution in [3.8, 4) is 0 Å². The second-order valence-electron chi connectivity index (χ2n) is 6.55. The average Bonchev–Trinajstić information content (AvgIpc) is 2.66. The van der Waals surface area contributed by atoms with Crippen LogP contribution in [-0.4, -0.2) is 74.2 Å². The van der Waals surface area contributed by atoms with E-state index in [-0.39, 0.29) is 11.7 Å². The lowest BCUT2D eigenvalue weighted by Gasteiger charge is -2.34. The molecule has 0 unspecified atom stereocenters. The second kappa shape index (κ2) is 11.1. The number of piperazine rings is 1. The molecule has 2 N–H and O–H groups in total. The highest BCUT2D eigenvalue weighted by Crippen LogP contribution is 2.16. The Balaban J connectivity index is 1.74. The zero-order valence-corrected chi connectivity index (χ0v) is 17.2. The van der Waals surface area contributed by atoms with Crippen LogP contribution in [0, 0.1) is 5.82 Å². The Morgan fingerprint density at radius 3 is 2.59 bits per heavy atom. The molecule has 8 heteroatoms. The Morgan fingerprint density at radius 2 is 1.96 bits per heavy atom. The molecule has 1 saturated heterocycles. The largest absolute Gasteiger partial charge is 0.355 e. The maximum atomic E-state index is 13.5. The van der Waals surface area contributed by atoms with E-state index in [1.807, 2.05) is 17.2 Å². The van der Waals surface area contributed by atoms with E-state index >= 15 is 0 Å². The Hall–Kier alpha value is -1.80. The van der Waals surface area contributed by atoms with Gasteiger partial charge in [-0.15, -0.1) is 0 Å². The minimum atomic E-state index is -0.199. The van der Waals surface area contributed by atoms with Crippen LogP contribution in [0.3, 0.4) is 0 Å². The monoisotopic (exact) mass is 395 g/mol. The molecule has 0 saturated carbocycles. The van der Waals surface area contributed by atoms with E-state index in [9.17, 15) is 9.18 Å². The molecule has 1 fully saturated rings. The van der Waals surface area contributed by atoms with Crippen LogP contribution in [0.5, 0.6) is 0 Å². The number of nitrogens with one attached hydrogen (secondary N) is 2. The lowest BCUT2D eigenvalue weighted by Crippen LogP contribution is -2.50. The van der Waals surface area contributed by atoms with Gasteiger partial charge in [-0.25, -0.2) is 4.39 Å². The first-order chi connectivity index (χ1) is 13.0. The van der Waals surface area contributed by atoms with Crippen molar-refractivity contribution in [3.63, 3.8) is 0 Å². The van der Waals surface area contributed by atoms with Gasteiger partial charge in [-0.2, -0.15) is 11.8 Å². The summed E-state index contributed by atoms with van der Waals surface area (Å²) in [6.07, 6.45) is 2.01. The van der Waals surface area contributed by atoms with Crippen LogP contribution in [0.1, 0.15) is 18.1 Å². The molecule has 1 aliphatic heterocycles. The number of rotatable bonds is 7. The minimum Gasteiger partial charge on any atom is -0.355 e. The predicted octanol–water partition coefficient (Wildman–Crippen LogP) is 1.52. The molecule has 0 bridgehead atoms. The van der Waals surface area contributed by atoms with Gasteiger partial charge >= 0.3 is 0 Å². The third kappa shape index (κ3) is 7.03. The standard InChI is InChI=1S/C19H30FN5OS/c1-15(26)25-10-8-24(9-11-25)7-6-22-19(21-2)23-13-16-4-5-18(20)12-17(16)14-27-3/h4-5,12H,6-11,13-14H2,1-3H3,(H2,21,22,23). The summed E-state index contributed by atoms with van der Waals surface area (Å²) in [5.41, 5.74) is 2.09. The number of aliphatic imine (C=N–C) groups is 1. The minimum absolute atomic E-state index is 0.152. The molecule has 1 amide bonds. The van der Waals surface area contributed by atoms with Crippen LogP contribution in [0.4, 0.5) is 4.39 Å². The van der Waals surface area contributed by atoms with E-state index in [2.05, 4.69) is 20.5 Å². The maximum Gasteiger partial charge on any atom is 0.219 e. The van der Waals surface area contributed by atoms with Gasteiger partial charge in [-0.05, 0) is 29.5 Å². The normalized spacial score (nSPS) is 15.7. The van der Waals surface area contributed by atoms with Gasteiger partial charge in [-0.3, -0.25) is 14.7 Å². The van der Waals surface area contributed by atoms with E-state index in [1.165, 1.54) is 6.07 Å². The predicted molar refractivity (Wildman–Crippen MR) is 111 cm³/mol. The first kappa shape index (κ1) is 21.5. The van der Waals surface area contributed by atoms with Crippen LogP contribution in [-0.2, 0) is 17.1 Å². The quantitative estimate of drug-likeness (QED) is 0.542. The summed E-state index contributed by atoms with van der Waals surface area (Å²) in [6, 6.07) is 4.93. The molecule has 1 aliphatic rings. The number of hydrogen-bond donors (Lipinski definition) is 2. The van der Waals surface area contributed by atoms with E-state index in [0.717, 1.165) is 62.1 Å². The smallest absolute Gasteiger partial charge is 0.219 e. The Morgan fingerprint density at radius 1 is 1.22 bits per heavy atom. The Bertz CT molecular complexity index is 647. The van der Waals surface area contributed by atoms with Crippen molar-refractivity contribution in [1.82, 2.24) is 20.4 Å². The van der Waals surface area contributed by atoms with E-state index in [1.54, 1.807) is 31.8 Å². The number of hydrogen-bond acceptors (Lipinski definition) is 4. The number of guanidine groups is 1. The van der Waals surface area contributed by atoms with Gasteiger partial charge in [-0.1, -0.05) is 6.07 Å². The van der Waals surface area contributed by atoms with Crippen LogP contribution >= 0.6 is 11.8 Å². The van der Waals surface area contributed by atoms with E-state index in [0.29, 0.717) is 6.54 Å². The molecule has 2 rings (SSSR count). The van der Waals surface area contributed by atoms with E-state index < -0.39 is 0 Å². The summed E-state index contributed by atoms with van der Waals surface area (Å²) in [4.78, 5) is 19.9. The molecule has 1 aromatic rings. The van der Waals surface area contributed by atoms with Crippen molar-refractivity contribution in [3.05, 3.63) is 35.1 Å². The Kier molecular flexibility index (Phi) is 8.87. The molecular formula is C19H30FN5OS. The highest BCUT2D eigenvalue weighted by molar-refractivity contribution is 7.97. The van der Waals surface area contributed by atoms with Crippen molar-refractivity contribution in [2.24, 2.45) is 4.99 Å². The summed E-state index contributed by atoms with van der Waals surface area (Å²) in [5.74, 6) is 1.47. The number of carbonyl (C=O) groups is 1. The summed E-state index contributed by atoms with van der Waals surface area (Å²) in [7, 11) is 1.74. The number of nitrogens with zero attached hydrogens (tertiary/aromatic N) is 3. The van der Waals surface area contributed by atoms with Gasteiger partial charge in [0.05, 0.1) is 0 Å². The molecule has 0 atom stereocenters. The van der Waals surface area contributed by atoms with Gasteiger partial charge in [0.1, 0.15) is 5.82 Å². The average molecular weight is 396 g/mol. The molecule has 0 aromatic heterocycles. The summed E-state index contributed by atoms with van der Waals surface area (Å²) in [5, 5.41) is 6.62. The molecule has 0 aliphatic carbocycles. The topological polar surface area (TPSA) is 60.0 Å². The SMILES string of the molecule is CN=C(NCCN1CCN(C(C)=O)CC1)NCc1ccc(F)cc1CSC. The van der Waals surface area contributed by atoms with Gasteiger partial charge in [0, 0.05) is 65.5 Å². The maximum absolute atomic E-state index is 13.5. The van der Waals surface area contributed by atoms with Crippen LogP contribution in [0.2, 0.25) is 0 Å². The van der Waals surface area contributed by atoms with Crippen molar-refractivity contribution in [1.29, 1.82) is 0 Å². The lowest BCUT2D eigenvalue weighted by molar-refractivity contribution is -0.130. The van der Waals surface area contributed by atoms with Crippen LogP contribution in [0.25, 0.3) is 0 Å². The van der Waals surface area contributed by atoms with Gasteiger partial charge in [0.25, 0.3) is 0 Å². The van der Waals surface area contributed by atoms with Gasteiger partial charge < -0.3 is 15.5 Å². The zero-order valence-electron chi connectivity index (χ0n) is 16.4. The van der Waals surface area contributed by atoms with Gasteiger partial charge in [0.15, 0.2) is 5.96 Å². The zero-order chi connectivity index (χ0) is 19.6. The van der Waals surface area contributed by atoms with E-state index in [4.69, 9.17) is 0 Å². The summed E-state index contributed by atoms with van der Waals surface area (Å²) < 4.78 is 13.5. The first-order valence-electron chi connectivity index (χ1n) is 9.22. The molecule has 27 heavy (non-hydrogen) atoms. The fourth-order valence-electron chi connectivity index (χ4n) is 3.08. The molecule has 0 radical (unpaired) electrons. The molecule has 0 spiro atoms. The number of halogens is 1. The highest BCUT2D eigenvalue weighted by Gasteiger charge is 2.17. The second-order valence-corrected chi connectivity index (χ2v) is 7.41. The lowest BCUT2D eigenvalue weighted by atomic mass is 10.1. The van der Waals surface area contributed by atoms with Crippen molar-refractivity contribution in [2.45, 2.75) is 19.2 Å². The first-order valence-corrected chi connectivity index (χ1v) is 10.6. The molecule has 6 nitrogen and oxygen atoms in total. The summed E-state index contributed by atoms with van der Waals surface area (Å²) >= 11 is 1.68. The molecule has 1 heterocycles. The van der Waals surface area contributed by atoms with Gasteiger partial charge in [0.2, 0.25) is 5.91 Å². The van der Waals surface area contributed by atoms with Crippen LogP contribution < -0.4 is 10.6 Å². The van der Waals surface area contributed by atoms with Crippen molar-refractivity contribution < 1.29 is 9.18 Å². The third-order valence-electron chi connectivity index (χ3n) is 4.68. The van der Waals surface area contributed by atoms with Crippen LogP contribution in [0.15, 0.2) is 23.2 Å². The number of thioether (sulfide) groups is 1. The molecule has 150 valence electrons. The van der Waals surface area contributed by atoms with Crippen molar-refractivity contribution >= 4 is 23.6 Å². The molecular weight excluding hydrogens is 365 g/mol. The fourth-order valence-corrected chi connectivity index (χ4v) is 3.65.